The van der Waals surface area contributed by atoms with Crippen LogP contribution in [0.1, 0.15) is 65.2 Å². The summed E-state index contributed by atoms with van der Waals surface area (Å²) in [6, 6.07) is 0. The van der Waals surface area contributed by atoms with Gasteiger partial charge in [0.1, 0.15) is 5.78 Å². The Labute approximate surface area is 157 Å². The number of allylic oxidation sites excluding steroid dienone is 1. The molecule has 7 atom stereocenters. The minimum atomic E-state index is 0.235. The number of thioether (sulfide) groups is 1. The summed E-state index contributed by atoms with van der Waals surface area (Å²) < 4.78 is 5.92. The zero-order chi connectivity index (χ0) is 17.8. The van der Waals surface area contributed by atoms with E-state index in [0.29, 0.717) is 23.2 Å². The van der Waals surface area contributed by atoms with Crippen molar-refractivity contribution in [3.63, 3.8) is 0 Å². The fourth-order valence-electron chi connectivity index (χ4n) is 7.39. The lowest BCUT2D eigenvalue weighted by atomic mass is 9.50. The predicted molar refractivity (Wildman–Crippen MR) is 105 cm³/mol. The van der Waals surface area contributed by atoms with Crippen LogP contribution >= 0.6 is 11.8 Å². The Morgan fingerprint density at radius 1 is 1.20 bits per heavy atom. The van der Waals surface area contributed by atoms with Crippen molar-refractivity contribution in [2.45, 2.75) is 76.1 Å². The minimum absolute atomic E-state index is 0.235. The van der Waals surface area contributed by atoms with Crippen LogP contribution in [0.3, 0.4) is 0 Å². The Morgan fingerprint density at radius 2 is 2.00 bits per heavy atom. The molecule has 25 heavy (non-hydrogen) atoms. The summed E-state index contributed by atoms with van der Waals surface area (Å²) >= 11 is 2.03. The molecule has 3 saturated carbocycles. The van der Waals surface area contributed by atoms with Crippen molar-refractivity contribution < 1.29 is 9.53 Å². The van der Waals surface area contributed by atoms with Gasteiger partial charge in [-0.1, -0.05) is 18.6 Å². The fourth-order valence-corrected chi connectivity index (χ4v) is 8.87. The van der Waals surface area contributed by atoms with Gasteiger partial charge < -0.3 is 4.74 Å². The number of fused-ring (bicyclic) bond motifs is 5. The normalized spacial score (nSPS) is 49.0. The van der Waals surface area contributed by atoms with Crippen LogP contribution in [0.15, 0.2) is 11.6 Å². The van der Waals surface area contributed by atoms with E-state index in [9.17, 15) is 4.79 Å². The number of rotatable bonds is 3. The molecule has 4 aliphatic rings. The van der Waals surface area contributed by atoms with Crippen molar-refractivity contribution >= 4 is 17.5 Å². The predicted octanol–water partition coefficient (Wildman–Crippen LogP) is 5.26. The summed E-state index contributed by atoms with van der Waals surface area (Å²) in [6.45, 7) is 4.38. The van der Waals surface area contributed by atoms with Gasteiger partial charge in [-0.15, -0.1) is 0 Å². The lowest BCUT2D eigenvalue weighted by molar-refractivity contribution is -0.122. The zero-order valence-electron chi connectivity index (χ0n) is 16.3. The van der Waals surface area contributed by atoms with Crippen molar-refractivity contribution in [3.8, 4) is 0 Å². The maximum absolute atomic E-state index is 12.3. The molecule has 3 heteroatoms. The summed E-state index contributed by atoms with van der Waals surface area (Å²) in [5.74, 6) is 3.09. The summed E-state index contributed by atoms with van der Waals surface area (Å²) in [5, 5.41) is 0. The van der Waals surface area contributed by atoms with Crippen LogP contribution in [0.25, 0.3) is 0 Å². The summed E-state index contributed by atoms with van der Waals surface area (Å²) in [5.41, 5.74) is 2.07. The van der Waals surface area contributed by atoms with Crippen molar-refractivity contribution in [1.29, 1.82) is 0 Å². The molecule has 0 saturated heterocycles. The topological polar surface area (TPSA) is 26.3 Å². The Hall–Kier alpha value is -0.280. The Balaban J connectivity index is 1.65. The van der Waals surface area contributed by atoms with Crippen molar-refractivity contribution in [2.24, 2.45) is 29.1 Å². The second-order valence-electron chi connectivity index (χ2n) is 9.30. The molecule has 140 valence electrons. The molecule has 7 unspecified atom stereocenters. The molecule has 0 amide bonds. The van der Waals surface area contributed by atoms with Crippen molar-refractivity contribution in [2.75, 3.05) is 13.4 Å². The van der Waals surface area contributed by atoms with Gasteiger partial charge in [0.05, 0.1) is 6.10 Å². The zero-order valence-corrected chi connectivity index (χ0v) is 17.2. The first-order valence-corrected chi connectivity index (χ1v) is 11.5. The number of hydrogen-bond donors (Lipinski definition) is 0. The van der Waals surface area contributed by atoms with Gasteiger partial charge in [-0.05, 0) is 87.7 Å². The number of carbonyl (C=O) groups is 1. The number of methoxy groups -OCH3 is 1. The van der Waals surface area contributed by atoms with Gasteiger partial charge in [-0.3, -0.25) is 4.79 Å². The lowest BCUT2D eigenvalue weighted by Crippen LogP contribution is -2.53. The lowest BCUT2D eigenvalue weighted by Gasteiger charge is -2.58. The van der Waals surface area contributed by atoms with Gasteiger partial charge in [0, 0.05) is 17.8 Å². The molecule has 3 fully saturated rings. The Bertz CT molecular complexity index is 585. The molecular formula is C22H34O2S. The fraction of sp³-hybridized carbons (Fsp3) is 0.864. The van der Waals surface area contributed by atoms with Gasteiger partial charge in [0.15, 0.2) is 0 Å². The molecule has 0 aromatic carbocycles. The highest BCUT2D eigenvalue weighted by Gasteiger charge is 2.61. The number of ketones is 1. The SMILES string of the molecule is COC1CCC2(C)C(=CCC3C2CCC2(SC)C(C(C)=O)CCC32)C1. The average molecular weight is 363 g/mol. The van der Waals surface area contributed by atoms with E-state index in [2.05, 4.69) is 19.3 Å². The van der Waals surface area contributed by atoms with Gasteiger partial charge in [0.25, 0.3) is 0 Å². The van der Waals surface area contributed by atoms with E-state index >= 15 is 0 Å². The maximum Gasteiger partial charge on any atom is 0.134 e. The highest BCUT2D eigenvalue weighted by molar-refractivity contribution is 8.00. The van der Waals surface area contributed by atoms with Gasteiger partial charge in [-0.25, -0.2) is 0 Å². The second-order valence-corrected chi connectivity index (χ2v) is 10.5. The van der Waals surface area contributed by atoms with Crippen LogP contribution in [-0.2, 0) is 9.53 Å². The molecule has 0 aromatic rings. The van der Waals surface area contributed by atoms with Crippen molar-refractivity contribution in [1.82, 2.24) is 0 Å². The van der Waals surface area contributed by atoms with E-state index in [1.54, 1.807) is 5.57 Å². The van der Waals surface area contributed by atoms with Crippen LogP contribution in [0.2, 0.25) is 0 Å². The summed E-state index contributed by atoms with van der Waals surface area (Å²) in [7, 11) is 1.87. The molecule has 4 aliphatic carbocycles. The first-order chi connectivity index (χ1) is 12.0. The van der Waals surface area contributed by atoms with Crippen molar-refractivity contribution in [3.05, 3.63) is 11.6 Å². The molecule has 4 rings (SSSR count). The third-order valence-electron chi connectivity index (χ3n) is 8.69. The smallest absolute Gasteiger partial charge is 0.134 e. The Morgan fingerprint density at radius 3 is 2.68 bits per heavy atom. The van der Waals surface area contributed by atoms with Gasteiger partial charge >= 0.3 is 0 Å². The van der Waals surface area contributed by atoms with Crippen LogP contribution < -0.4 is 0 Å². The molecule has 0 radical (unpaired) electrons. The quantitative estimate of drug-likeness (QED) is 0.640. The molecule has 0 aromatic heterocycles. The monoisotopic (exact) mass is 362 g/mol. The Kier molecular flexibility index (Phi) is 4.64. The van der Waals surface area contributed by atoms with Crippen LogP contribution in [-0.4, -0.2) is 30.0 Å². The highest BCUT2D eigenvalue weighted by atomic mass is 32.2. The van der Waals surface area contributed by atoms with E-state index in [0.717, 1.165) is 30.6 Å². The standard InChI is InChI=1S/C22H34O2S/c1-14(23)18-7-8-20-17-6-5-15-13-16(24-3)9-11-21(15,2)19(17)10-12-22(18,20)25-4/h5,16-20H,6-13H2,1-4H3. The average Bonchev–Trinajstić information content (AvgIpc) is 3.01. The molecular weight excluding hydrogens is 328 g/mol. The molecule has 0 N–H and O–H groups in total. The summed E-state index contributed by atoms with van der Waals surface area (Å²) in [4.78, 5) is 12.3. The second kappa shape index (κ2) is 6.41. The number of ether oxygens (including phenoxy) is 1. The first-order valence-electron chi connectivity index (χ1n) is 10.2. The first kappa shape index (κ1) is 18.1. The third-order valence-corrected chi connectivity index (χ3v) is 10.2. The number of hydrogen-bond acceptors (Lipinski definition) is 3. The van der Waals surface area contributed by atoms with Gasteiger partial charge in [-0.2, -0.15) is 11.8 Å². The maximum atomic E-state index is 12.3. The van der Waals surface area contributed by atoms with E-state index in [1.165, 1.54) is 38.5 Å². The van der Waals surface area contributed by atoms with E-state index in [1.807, 2.05) is 25.8 Å². The van der Waals surface area contributed by atoms with Crippen LogP contribution in [0.5, 0.6) is 0 Å². The highest BCUT2D eigenvalue weighted by Crippen LogP contribution is 2.66. The summed E-state index contributed by atoms with van der Waals surface area (Å²) in [6.07, 6.45) is 15.1. The number of carbonyl (C=O) groups excluding carboxylic acids is 1. The van der Waals surface area contributed by atoms with E-state index in [-0.39, 0.29) is 4.75 Å². The van der Waals surface area contributed by atoms with E-state index in [4.69, 9.17) is 4.74 Å². The molecule has 0 aliphatic heterocycles. The minimum Gasteiger partial charge on any atom is -0.381 e. The molecule has 0 spiro atoms. The largest absolute Gasteiger partial charge is 0.381 e. The number of Topliss-reactive ketones (excluding diaryl/α,β-unsaturated/α-hetero) is 1. The third kappa shape index (κ3) is 2.51. The van der Waals surface area contributed by atoms with Crippen LogP contribution in [0.4, 0.5) is 0 Å². The van der Waals surface area contributed by atoms with Crippen LogP contribution in [0, 0.1) is 29.1 Å². The molecule has 0 bridgehead atoms. The van der Waals surface area contributed by atoms with E-state index < -0.39 is 0 Å². The molecule has 2 nitrogen and oxygen atoms in total. The molecule has 0 heterocycles. The van der Waals surface area contributed by atoms with Gasteiger partial charge in [0.2, 0.25) is 0 Å².